The quantitative estimate of drug-likeness (QED) is 0.225. The van der Waals surface area contributed by atoms with E-state index in [1.165, 1.54) is 35.9 Å². The number of aromatic nitrogens is 3. The average molecular weight is 450 g/mol. The molecule has 0 spiro atoms. The molecule has 4 aromatic rings. The third-order valence-electron chi connectivity index (χ3n) is 5.89. The highest BCUT2D eigenvalue weighted by atomic mass is 32.2. The van der Waals surface area contributed by atoms with Gasteiger partial charge in [0.05, 0.1) is 11.1 Å². The third kappa shape index (κ3) is 3.55. The van der Waals surface area contributed by atoms with Crippen LogP contribution in [0.15, 0.2) is 51.7 Å². The Kier molecular flexibility index (Phi) is 5.10. The summed E-state index contributed by atoms with van der Waals surface area (Å²) in [4.78, 5) is 31.5. The Balaban J connectivity index is 1.43. The van der Waals surface area contributed by atoms with E-state index in [9.17, 15) is 9.59 Å². The predicted octanol–water partition coefficient (Wildman–Crippen LogP) is 5.39. The molecule has 1 aliphatic carbocycles. The molecule has 1 aliphatic rings. The maximum absolute atomic E-state index is 13.1. The van der Waals surface area contributed by atoms with Crippen molar-refractivity contribution in [3.63, 3.8) is 0 Å². The van der Waals surface area contributed by atoms with Gasteiger partial charge in [-0.25, -0.2) is 4.98 Å². The molecule has 0 N–H and O–H groups in total. The summed E-state index contributed by atoms with van der Waals surface area (Å²) in [5.74, 6) is 0.341. The van der Waals surface area contributed by atoms with Crippen LogP contribution in [0.25, 0.3) is 21.3 Å². The summed E-state index contributed by atoms with van der Waals surface area (Å²) < 4.78 is 3.85. The first-order chi connectivity index (χ1) is 15.0. The number of hydrogen-bond acceptors (Lipinski definition) is 5. The van der Waals surface area contributed by atoms with Crippen LogP contribution >= 0.6 is 23.1 Å². The van der Waals surface area contributed by atoms with Gasteiger partial charge in [-0.05, 0) is 38.3 Å². The second-order valence-corrected chi connectivity index (χ2v) is 9.85. The average Bonchev–Trinajstić information content (AvgIpc) is 3.43. The normalized spacial score (nSPS) is 13.8. The fourth-order valence-electron chi connectivity index (χ4n) is 4.17. The summed E-state index contributed by atoms with van der Waals surface area (Å²) >= 11 is 2.80. The van der Waals surface area contributed by atoms with Crippen LogP contribution < -0.4 is 5.56 Å². The van der Waals surface area contributed by atoms with Crippen molar-refractivity contribution in [2.24, 2.45) is 7.05 Å². The topological polar surface area (TPSA) is 56.9 Å². The van der Waals surface area contributed by atoms with Gasteiger partial charge in [0.2, 0.25) is 0 Å². The Morgan fingerprint density at radius 1 is 1.23 bits per heavy atom. The van der Waals surface area contributed by atoms with Gasteiger partial charge in [-0.1, -0.05) is 42.1 Å². The second kappa shape index (κ2) is 7.80. The highest BCUT2D eigenvalue weighted by Gasteiger charge is 2.28. The van der Waals surface area contributed by atoms with Crippen LogP contribution in [0.4, 0.5) is 0 Å². The molecule has 0 aliphatic heterocycles. The minimum Gasteiger partial charge on any atom is -0.345 e. The standard InChI is InChI=1S/C24H23N3O2S2/c1-14-11-18(15(2)27(14)17-9-10-17)20(28)13-31-24-25-22-21(23(29)26(24)3)19(12-30-22)16-7-5-4-6-8-16/h4-8,11-12,17H,9-10,13H2,1-3H3. The van der Waals surface area contributed by atoms with Crippen LogP contribution in [-0.2, 0) is 7.05 Å². The van der Waals surface area contributed by atoms with Crippen molar-refractivity contribution in [3.8, 4) is 11.1 Å². The lowest BCUT2D eigenvalue weighted by Crippen LogP contribution is -2.20. The molecule has 3 aromatic heterocycles. The van der Waals surface area contributed by atoms with Crippen LogP contribution in [0.2, 0.25) is 0 Å². The molecule has 5 nitrogen and oxygen atoms in total. The molecule has 0 saturated heterocycles. The first kappa shape index (κ1) is 20.3. The molecule has 1 saturated carbocycles. The molecule has 0 amide bonds. The number of rotatable bonds is 6. The summed E-state index contributed by atoms with van der Waals surface area (Å²) in [5, 5.41) is 3.20. The number of ketones is 1. The molecular formula is C24H23N3O2S2. The van der Waals surface area contributed by atoms with Crippen molar-refractivity contribution >= 4 is 39.1 Å². The van der Waals surface area contributed by atoms with Gasteiger partial charge < -0.3 is 4.57 Å². The number of hydrogen-bond donors (Lipinski definition) is 0. The molecule has 1 aromatic carbocycles. The van der Waals surface area contributed by atoms with E-state index in [0.717, 1.165) is 28.1 Å². The van der Waals surface area contributed by atoms with Gasteiger partial charge in [0, 0.05) is 41.0 Å². The second-order valence-electron chi connectivity index (χ2n) is 8.05. The number of Topliss-reactive ketones (excluding diaryl/α,β-unsaturated/α-hetero) is 1. The Labute approximate surface area is 188 Å². The van der Waals surface area contributed by atoms with Gasteiger partial charge in [-0.15, -0.1) is 11.3 Å². The number of nitrogens with zero attached hydrogens (tertiary/aromatic N) is 3. The van der Waals surface area contributed by atoms with E-state index in [2.05, 4.69) is 11.5 Å². The smallest absolute Gasteiger partial charge is 0.263 e. The highest BCUT2D eigenvalue weighted by Crippen LogP contribution is 2.38. The van der Waals surface area contributed by atoms with E-state index in [4.69, 9.17) is 4.98 Å². The van der Waals surface area contributed by atoms with Crippen molar-refractivity contribution in [2.75, 3.05) is 5.75 Å². The first-order valence-corrected chi connectivity index (χ1v) is 12.2. The molecular weight excluding hydrogens is 426 g/mol. The zero-order valence-electron chi connectivity index (χ0n) is 17.7. The number of thiophene rings is 1. The molecule has 0 bridgehead atoms. The fraction of sp³-hybridized carbons (Fsp3) is 0.292. The van der Waals surface area contributed by atoms with Gasteiger partial charge in [0.15, 0.2) is 10.9 Å². The van der Waals surface area contributed by atoms with Gasteiger partial charge in [-0.3, -0.25) is 14.2 Å². The van der Waals surface area contributed by atoms with Crippen molar-refractivity contribution in [1.29, 1.82) is 0 Å². The van der Waals surface area contributed by atoms with Gasteiger partial charge in [0.25, 0.3) is 5.56 Å². The maximum atomic E-state index is 13.1. The number of fused-ring (bicyclic) bond motifs is 1. The van der Waals surface area contributed by atoms with Crippen LogP contribution in [0.5, 0.6) is 0 Å². The fourth-order valence-corrected chi connectivity index (χ4v) is 6.02. The largest absolute Gasteiger partial charge is 0.345 e. The highest BCUT2D eigenvalue weighted by molar-refractivity contribution is 7.99. The Morgan fingerprint density at radius 3 is 2.68 bits per heavy atom. The third-order valence-corrected chi connectivity index (χ3v) is 7.79. The lowest BCUT2D eigenvalue weighted by atomic mass is 10.1. The predicted molar refractivity (Wildman–Crippen MR) is 128 cm³/mol. The lowest BCUT2D eigenvalue weighted by Gasteiger charge is -2.09. The lowest BCUT2D eigenvalue weighted by molar-refractivity contribution is 0.102. The van der Waals surface area contributed by atoms with Crippen molar-refractivity contribution in [2.45, 2.75) is 37.9 Å². The van der Waals surface area contributed by atoms with Gasteiger partial charge in [-0.2, -0.15) is 0 Å². The van der Waals surface area contributed by atoms with E-state index in [1.54, 1.807) is 11.6 Å². The molecule has 1 fully saturated rings. The van der Waals surface area contributed by atoms with Crippen LogP contribution in [-0.4, -0.2) is 25.7 Å². The molecule has 7 heteroatoms. The molecule has 31 heavy (non-hydrogen) atoms. The van der Waals surface area contributed by atoms with E-state index in [1.807, 2.05) is 48.7 Å². The van der Waals surface area contributed by atoms with Crippen molar-refractivity contribution in [3.05, 3.63) is 69.1 Å². The molecule has 158 valence electrons. The summed E-state index contributed by atoms with van der Waals surface area (Å²) in [6, 6.07) is 12.4. The van der Waals surface area contributed by atoms with E-state index in [-0.39, 0.29) is 17.1 Å². The minimum absolute atomic E-state index is 0.0769. The molecule has 0 radical (unpaired) electrons. The minimum atomic E-state index is -0.0769. The first-order valence-electron chi connectivity index (χ1n) is 10.3. The molecule has 5 rings (SSSR count). The van der Waals surface area contributed by atoms with Crippen molar-refractivity contribution in [1.82, 2.24) is 14.1 Å². The van der Waals surface area contributed by atoms with E-state index >= 15 is 0 Å². The van der Waals surface area contributed by atoms with E-state index < -0.39 is 0 Å². The van der Waals surface area contributed by atoms with Crippen LogP contribution in [0.3, 0.4) is 0 Å². The molecule has 0 atom stereocenters. The van der Waals surface area contributed by atoms with Crippen LogP contribution in [0, 0.1) is 13.8 Å². The Hall–Kier alpha value is -2.64. The number of aryl methyl sites for hydroxylation is 1. The monoisotopic (exact) mass is 449 g/mol. The summed E-state index contributed by atoms with van der Waals surface area (Å²) in [6.07, 6.45) is 2.38. The van der Waals surface area contributed by atoms with Gasteiger partial charge in [0.1, 0.15) is 4.83 Å². The Bertz CT molecular complexity index is 1360. The summed E-state index contributed by atoms with van der Waals surface area (Å²) in [5.41, 5.74) is 4.82. The van der Waals surface area contributed by atoms with Gasteiger partial charge >= 0.3 is 0 Å². The number of benzene rings is 1. The zero-order chi connectivity index (χ0) is 21.7. The number of carbonyl (C=O) groups is 1. The van der Waals surface area contributed by atoms with Crippen molar-refractivity contribution < 1.29 is 4.79 Å². The summed E-state index contributed by atoms with van der Waals surface area (Å²) in [7, 11) is 1.73. The zero-order valence-corrected chi connectivity index (χ0v) is 19.3. The molecule has 0 unspecified atom stereocenters. The van der Waals surface area contributed by atoms with Crippen LogP contribution in [0.1, 0.15) is 40.6 Å². The maximum Gasteiger partial charge on any atom is 0.263 e. The van der Waals surface area contributed by atoms with E-state index in [0.29, 0.717) is 21.4 Å². The number of carbonyl (C=O) groups excluding carboxylic acids is 1. The summed E-state index contributed by atoms with van der Waals surface area (Å²) in [6.45, 7) is 4.09. The SMILES string of the molecule is Cc1cc(C(=O)CSc2nc3scc(-c4ccccc4)c3c(=O)n2C)c(C)n1C1CC1. The number of thioether (sulfide) groups is 1. The molecule has 3 heterocycles. The Morgan fingerprint density at radius 2 is 1.97 bits per heavy atom.